The van der Waals surface area contributed by atoms with E-state index >= 15 is 0 Å². The summed E-state index contributed by atoms with van der Waals surface area (Å²) in [6, 6.07) is -1.33. The lowest BCUT2D eigenvalue weighted by Gasteiger charge is -2.07. The van der Waals surface area contributed by atoms with Gasteiger partial charge in [0.1, 0.15) is 12.1 Å². The van der Waals surface area contributed by atoms with Crippen LogP contribution in [0.3, 0.4) is 0 Å². The number of allylic oxidation sites excluding steroid dienone is 2. The minimum atomic E-state index is -0.947. The van der Waals surface area contributed by atoms with Crippen molar-refractivity contribution < 1.29 is 19.8 Å². The molecule has 116 valence electrons. The number of hydrogen-bond donors (Lipinski definition) is 5. The second kappa shape index (κ2) is 14.3. The number of thioether (sulfide) groups is 1. The van der Waals surface area contributed by atoms with E-state index in [1.165, 1.54) is 11.8 Å². The summed E-state index contributed by atoms with van der Waals surface area (Å²) in [5.74, 6) is -1.11. The van der Waals surface area contributed by atoms with Crippen molar-refractivity contribution in [1.29, 1.82) is 0 Å². The van der Waals surface area contributed by atoms with E-state index in [1.807, 2.05) is 25.3 Å². The summed E-state index contributed by atoms with van der Waals surface area (Å²) < 4.78 is 0. The van der Waals surface area contributed by atoms with Crippen molar-refractivity contribution in [2.45, 2.75) is 25.9 Å². The predicted octanol–water partition coefficient (Wildman–Crippen LogP) is 1.16. The summed E-state index contributed by atoms with van der Waals surface area (Å²) in [6.07, 6.45) is 5.17. The van der Waals surface area contributed by atoms with Gasteiger partial charge in [-0.3, -0.25) is 4.79 Å². The Morgan fingerprint density at radius 3 is 2.25 bits per heavy atom. The van der Waals surface area contributed by atoms with Gasteiger partial charge in [-0.05, 0) is 25.5 Å². The fraction of sp³-hybridized carbons (Fsp3) is 0.500. The Kier molecular flexibility index (Phi) is 15.1. The van der Waals surface area contributed by atoms with Crippen LogP contribution in [-0.2, 0) is 9.59 Å². The highest BCUT2D eigenvalue weighted by molar-refractivity contribution is 8.02. The van der Waals surface area contributed by atoms with Crippen molar-refractivity contribution in [2.75, 3.05) is 11.5 Å². The van der Waals surface area contributed by atoms with Gasteiger partial charge in [-0.2, -0.15) is 12.6 Å². The summed E-state index contributed by atoms with van der Waals surface area (Å²) in [5, 5.41) is 21.3. The van der Waals surface area contributed by atoms with Crippen LogP contribution in [0.25, 0.3) is 0 Å². The largest absolute Gasteiger partial charge is 0.480 e. The van der Waals surface area contributed by atoms with Crippen LogP contribution < -0.4 is 11.1 Å². The third-order valence-electron chi connectivity index (χ3n) is 1.77. The van der Waals surface area contributed by atoms with Crippen LogP contribution in [-0.4, -0.2) is 45.7 Å². The van der Waals surface area contributed by atoms with E-state index in [1.54, 1.807) is 12.3 Å². The standard InChI is InChI=1S/2C6H11NO2S/c1-2-3-10-4-5(7)6(8)9;1-2-3-7-5(4-10)6(8)9/h2-3,5H,4,7H2,1H3,(H,8,9);2-3,5,7,10H,4H2,1H3,(H,8,9)/b2*3-2+/t;5-/m.0/s1. The monoisotopic (exact) mass is 322 g/mol. The van der Waals surface area contributed by atoms with E-state index in [4.69, 9.17) is 15.9 Å². The van der Waals surface area contributed by atoms with Crippen molar-refractivity contribution in [1.82, 2.24) is 5.32 Å². The van der Waals surface area contributed by atoms with E-state index in [9.17, 15) is 9.59 Å². The molecule has 1 unspecified atom stereocenters. The molecule has 0 aromatic heterocycles. The third kappa shape index (κ3) is 13.3. The van der Waals surface area contributed by atoms with Crippen molar-refractivity contribution >= 4 is 36.3 Å². The van der Waals surface area contributed by atoms with Gasteiger partial charge in [0.15, 0.2) is 0 Å². The molecule has 0 aliphatic carbocycles. The van der Waals surface area contributed by atoms with E-state index in [0.717, 1.165) is 0 Å². The van der Waals surface area contributed by atoms with Crippen LogP contribution in [0.5, 0.6) is 0 Å². The van der Waals surface area contributed by atoms with Gasteiger partial charge in [-0.1, -0.05) is 12.2 Å². The molecule has 0 spiro atoms. The predicted molar refractivity (Wildman–Crippen MR) is 86.1 cm³/mol. The van der Waals surface area contributed by atoms with Crippen LogP contribution >= 0.6 is 24.4 Å². The number of carbonyl (C=O) groups is 2. The molecule has 20 heavy (non-hydrogen) atoms. The van der Waals surface area contributed by atoms with Gasteiger partial charge in [0.05, 0.1) is 0 Å². The smallest absolute Gasteiger partial charge is 0.326 e. The van der Waals surface area contributed by atoms with Crippen LogP contribution in [0.1, 0.15) is 13.8 Å². The summed E-state index contributed by atoms with van der Waals surface area (Å²) >= 11 is 5.25. The number of carboxylic acid groups (broad SMARTS) is 2. The van der Waals surface area contributed by atoms with Gasteiger partial charge in [-0.15, -0.1) is 11.8 Å². The van der Waals surface area contributed by atoms with Crippen LogP contribution in [0.2, 0.25) is 0 Å². The first-order chi connectivity index (χ1) is 9.40. The minimum Gasteiger partial charge on any atom is -0.480 e. The Labute approximate surface area is 128 Å². The molecule has 0 amide bonds. The normalized spacial score (nSPS) is 13.6. The Hall–Kier alpha value is -1.12. The van der Waals surface area contributed by atoms with Crippen molar-refractivity contribution in [3.63, 3.8) is 0 Å². The molecule has 0 heterocycles. The quantitative estimate of drug-likeness (QED) is 0.426. The van der Waals surface area contributed by atoms with E-state index < -0.39 is 24.0 Å². The molecule has 0 aromatic rings. The zero-order valence-electron chi connectivity index (χ0n) is 11.5. The number of carboxylic acids is 2. The average Bonchev–Trinajstić information content (AvgIpc) is 2.40. The molecular formula is C12H22N2O4S2. The molecule has 0 bridgehead atoms. The Bertz CT molecular complexity index is 335. The third-order valence-corrected chi connectivity index (χ3v) is 3.15. The highest BCUT2D eigenvalue weighted by Crippen LogP contribution is 2.02. The maximum atomic E-state index is 10.3. The van der Waals surface area contributed by atoms with E-state index in [-0.39, 0.29) is 0 Å². The van der Waals surface area contributed by atoms with Gasteiger partial charge < -0.3 is 21.3 Å². The Morgan fingerprint density at radius 2 is 1.90 bits per heavy atom. The highest BCUT2D eigenvalue weighted by atomic mass is 32.2. The molecule has 0 saturated carbocycles. The van der Waals surface area contributed by atoms with Gasteiger partial charge in [-0.25, -0.2) is 4.79 Å². The van der Waals surface area contributed by atoms with Crippen LogP contribution in [0.15, 0.2) is 23.8 Å². The maximum absolute atomic E-state index is 10.3. The lowest BCUT2D eigenvalue weighted by Crippen LogP contribution is -2.34. The number of nitrogens with one attached hydrogen (secondary N) is 1. The van der Waals surface area contributed by atoms with Crippen molar-refractivity contribution in [2.24, 2.45) is 5.73 Å². The molecule has 0 fully saturated rings. The maximum Gasteiger partial charge on any atom is 0.326 e. The number of thiol groups is 1. The number of aliphatic carboxylic acids is 2. The van der Waals surface area contributed by atoms with Crippen molar-refractivity contribution in [3.8, 4) is 0 Å². The average molecular weight is 322 g/mol. The second-order valence-corrected chi connectivity index (χ2v) is 4.79. The first kappa shape index (κ1) is 21.2. The Morgan fingerprint density at radius 1 is 1.30 bits per heavy atom. The lowest BCUT2D eigenvalue weighted by molar-refractivity contribution is -0.139. The zero-order chi connectivity index (χ0) is 16.0. The molecule has 2 atom stereocenters. The van der Waals surface area contributed by atoms with E-state index in [0.29, 0.717) is 11.5 Å². The number of hydrogen-bond acceptors (Lipinski definition) is 6. The molecule has 5 N–H and O–H groups in total. The number of rotatable bonds is 8. The fourth-order valence-electron chi connectivity index (χ4n) is 0.741. The topological polar surface area (TPSA) is 113 Å². The summed E-state index contributed by atoms with van der Waals surface area (Å²) in [7, 11) is 0. The van der Waals surface area contributed by atoms with Gasteiger partial charge in [0, 0.05) is 11.5 Å². The van der Waals surface area contributed by atoms with Gasteiger partial charge >= 0.3 is 11.9 Å². The molecule has 8 heteroatoms. The zero-order valence-corrected chi connectivity index (χ0v) is 13.2. The van der Waals surface area contributed by atoms with E-state index in [2.05, 4.69) is 17.9 Å². The summed E-state index contributed by atoms with van der Waals surface area (Å²) in [5.41, 5.74) is 5.20. The molecule has 0 aromatic carbocycles. The molecule has 0 aliphatic rings. The fourth-order valence-corrected chi connectivity index (χ4v) is 1.66. The first-order valence-electron chi connectivity index (χ1n) is 5.82. The molecule has 6 nitrogen and oxygen atoms in total. The highest BCUT2D eigenvalue weighted by Gasteiger charge is 2.11. The van der Waals surface area contributed by atoms with Crippen LogP contribution in [0.4, 0.5) is 0 Å². The summed E-state index contributed by atoms with van der Waals surface area (Å²) in [6.45, 7) is 3.68. The molecule has 0 rings (SSSR count). The number of nitrogens with two attached hydrogens (primary N) is 1. The van der Waals surface area contributed by atoms with Crippen molar-refractivity contribution in [3.05, 3.63) is 23.8 Å². The molecule has 0 radical (unpaired) electrons. The second-order valence-electron chi connectivity index (χ2n) is 3.49. The summed E-state index contributed by atoms with van der Waals surface area (Å²) in [4.78, 5) is 20.4. The van der Waals surface area contributed by atoms with Gasteiger partial charge in [0.25, 0.3) is 0 Å². The molecular weight excluding hydrogens is 300 g/mol. The minimum absolute atomic E-state index is 0.291. The molecule has 0 aliphatic heterocycles. The lowest BCUT2D eigenvalue weighted by atomic mass is 10.3. The van der Waals surface area contributed by atoms with Crippen LogP contribution in [0, 0.1) is 0 Å². The molecule has 0 saturated heterocycles. The Balaban J connectivity index is 0. The SMILES string of the molecule is C/C=C/N[C@@H](CS)C(=O)O.C/C=C/SCC(N)C(=O)O. The first-order valence-corrected chi connectivity index (χ1v) is 7.50. The van der Waals surface area contributed by atoms with Gasteiger partial charge in [0.2, 0.25) is 0 Å².